The number of rotatable bonds is 7. The highest BCUT2D eigenvalue weighted by Gasteiger charge is 2.21. The number of unbranched alkanes of at least 4 members (excludes halogenated alkanes) is 1. The highest BCUT2D eigenvalue weighted by molar-refractivity contribution is 4.79. The Morgan fingerprint density at radius 3 is 2.69 bits per heavy atom. The first-order chi connectivity index (χ1) is 7.70. The predicted molar refractivity (Wildman–Crippen MR) is 66.6 cm³/mol. The van der Waals surface area contributed by atoms with Crippen molar-refractivity contribution in [1.82, 2.24) is 5.32 Å². The van der Waals surface area contributed by atoms with E-state index >= 15 is 0 Å². The minimum Gasteiger partial charge on any atom is -0.392 e. The Labute approximate surface area is 99.6 Å². The monoisotopic (exact) mass is 229 g/mol. The lowest BCUT2D eigenvalue weighted by Gasteiger charge is -2.28. The first-order valence-electron chi connectivity index (χ1n) is 6.73. The smallest absolute Gasteiger partial charge is 0.0693 e. The summed E-state index contributed by atoms with van der Waals surface area (Å²) in [6, 6.07) is 0.333. The largest absolute Gasteiger partial charge is 0.392 e. The van der Waals surface area contributed by atoms with E-state index in [2.05, 4.69) is 19.2 Å². The molecule has 96 valence electrons. The van der Waals surface area contributed by atoms with E-state index in [1.165, 1.54) is 12.8 Å². The molecule has 16 heavy (non-hydrogen) atoms. The van der Waals surface area contributed by atoms with Gasteiger partial charge in [0.05, 0.1) is 12.2 Å². The van der Waals surface area contributed by atoms with Gasteiger partial charge in [0.15, 0.2) is 0 Å². The third kappa shape index (κ3) is 5.83. The minimum absolute atomic E-state index is 0.124. The van der Waals surface area contributed by atoms with E-state index in [-0.39, 0.29) is 6.10 Å². The van der Waals surface area contributed by atoms with Crippen LogP contribution in [0.15, 0.2) is 0 Å². The number of ether oxygens (including phenoxy) is 1. The van der Waals surface area contributed by atoms with Gasteiger partial charge >= 0.3 is 0 Å². The fourth-order valence-corrected chi connectivity index (χ4v) is 2.18. The lowest BCUT2D eigenvalue weighted by molar-refractivity contribution is 0.0736. The third-order valence-corrected chi connectivity index (χ3v) is 3.16. The maximum Gasteiger partial charge on any atom is 0.0693 e. The third-order valence-electron chi connectivity index (χ3n) is 3.16. The zero-order valence-electron chi connectivity index (χ0n) is 10.7. The van der Waals surface area contributed by atoms with Crippen molar-refractivity contribution in [1.29, 1.82) is 0 Å². The Bertz CT molecular complexity index is 173. The lowest BCUT2D eigenvalue weighted by Crippen LogP contribution is -2.42. The molecule has 0 aromatic heterocycles. The summed E-state index contributed by atoms with van der Waals surface area (Å²) in [5.41, 5.74) is 0. The number of nitrogens with one attached hydrogen (secondary N) is 1. The second-order valence-electron chi connectivity index (χ2n) is 5.04. The molecule has 1 fully saturated rings. The Kier molecular flexibility index (Phi) is 7.01. The molecular weight excluding hydrogens is 202 g/mol. The van der Waals surface area contributed by atoms with Crippen LogP contribution >= 0.6 is 0 Å². The molecule has 1 rings (SSSR count). The maximum absolute atomic E-state index is 9.76. The molecule has 0 radical (unpaired) electrons. The van der Waals surface area contributed by atoms with E-state index in [0.717, 1.165) is 38.8 Å². The van der Waals surface area contributed by atoms with Gasteiger partial charge in [-0.25, -0.2) is 0 Å². The second-order valence-corrected chi connectivity index (χ2v) is 5.04. The van der Waals surface area contributed by atoms with Crippen molar-refractivity contribution < 1.29 is 9.84 Å². The lowest BCUT2D eigenvalue weighted by atomic mass is 9.92. The summed E-state index contributed by atoms with van der Waals surface area (Å²) in [6.07, 6.45) is 6.99. The molecule has 0 aromatic carbocycles. The van der Waals surface area contributed by atoms with Crippen LogP contribution < -0.4 is 5.32 Å². The molecule has 0 heterocycles. The number of aliphatic hydroxyl groups excluding tert-OH is 1. The minimum atomic E-state index is -0.124. The van der Waals surface area contributed by atoms with Crippen molar-refractivity contribution in [3.63, 3.8) is 0 Å². The number of hydrogen-bond donors (Lipinski definition) is 2. The van der Waals surface area contributed by atoms with Crippen molar-refractivity contribution in [2.24, 2.45) is 0 Å². The maximum atomic E-state index is 9.76. The first-order valence-corrected chi connectivity index (χ1v) is 6.73. The van der Waals surface area contributed by atoms with Crippen LogP contribution in [0.4, 0.5) is 0 Å². The Morgan fingerprint density at radius 2 is 2.00 bits per heavy atom. The number of hydrogen-bond acceptors (Lipinski definition) is 3. The quantitative estimate of drug-likeness (QED) is 0.657. The Hall–Kier alpha value is -0.120. The molecule has 0 saturated heterocycles. The van der Waals surface area contributed by atoms with Crippen molar-refractivity contribution in [2.45, 2.75) is 70.6 Å². The van der Waals surface area contributed by atoms with Gasteiger partial charge in [-0.2, -0.15) is 0 Å². The molecule has 2 N–H and O–H groups in total. The van der Waals surface area contributed by atoms with Gasteiger partial charge in [-0.3, -0.25) is 0 Å². The summed E-state index contributed by atoms with van der Waals surface area (Å²) >= 11 is 0. The van der Waals surface area contributed by atoms with Gasteiger partial charge in [-0.15, -0.1) is 0 Å². The van der Waals surface area contributed by atoms with Crippen LogP contribution in [0.2, 0.25) is 0 Å². The van der Waals surface area contributed by atoms with E-state index in [1.54, 1.807) is 0 Å². The standard InChI is InChI=1S/C13H27NO2/c1-11(2)16-10-6-5-9-14-12-7-3-4-8-13(12)15/h11-15H,3-10H2,1-2H3. The molecule has 2 unspecified atom stereocenters. The van der Waals surface area contributed by atoms with Crippen molar-refractivity contribution >= 4 is 0 Å². The molecule has 0 aromatic rings. The molecule has 0 bridgehead atoms. The van der Waals surface area contributed by atoms with Crippen molar-refractivity contribution in [3.05, 3.63) is 0 Å². The van der Waals surface area contributed by atoms with Crippen LogP contribution in [0.5, 0.6) is 0 Å². The second kappa shape index (κ2) is 8.04. The average Bonchev–Trinajstić information content (AvgIpc) is 2.25. The molecule has 3 nitrogen and oxygen atoms in total. The molecule has 0 amide bonds. The zero-order valence-corrected chi connectivity index (χ0v) is 10.7. The summed E-state index contributed by atoms with van der Waals surface area (Å²) in [5, 5.41) is 13.2. The summed E-state index contributed by atoms with van der Waals surface area (Å²) in [6.45, 7) is 5.99. The molecular formula is C13H27NO2. The molecule has 3 heteroatoms. The summed E-state index contributed by atoms with van der Waals surface area (Å²) in [4.78, 5) is 0. The fourth-order valence-electron chi connectivity index (χ4n) is 2.18. The molecule has 1 aliphatic rings. The van der Waals surface area contributed by atoms with Gasteiger partial charge < -0.3 is 15.2 Å². The van der Waals surface area contributed by atoms with E-state index in [9.17, 15) is 5.11 Å². The topological polar surface area (TPSA) is 41.5 Å². The fraction of sp³-hybridized carbons (Fsp3) is 1.00. The van der Waals surface area contributed by atoms with Crippen LogP contribution in [0.1, 0.15) is 52.4 Å². The molecule has 1 saturated carbocycles. The van der Waals surface area contributed by atoms with Gasteiger partial charge in [0.1, 0.15) is 0 Å². The van der Waals surface area contributed by atoms with Gasteiger partial charge in [0, 0.05) is 12.6 Å². The van der Waals surface area contributed by atoms with Crippen LogP contribution in [-0.4, -0.2) is 36.5 Å². The van der Waals surface area contributed by atoms with Crippen LogP contribution in [0, 0.1) is 0 Å². The summed E-state index contributed by atoms with van der Waals surface area (Å²) < 4.78 is 5.48. The van der Waals surface area contributed by atoms with E-state index < -0.39 is 0 Å². The zero-order chi connectivity index (χ0) is 11.8. The SMILES string of the molecule is CC(C)OCCCCNC1CCCCC1O. The van der Waals surface area contributed by atoms with Gasteiger partial charge in [-0.1, -0.05) is 12.8 Å². The van der Waals surface area contributed by atoms with Crippen molar-refractivity contribution in [3.8, 4) is 0 Å². The van der Waals surface area contributed by atoms with Crippen LogP contribution in [-0.2, 0) is 4.74 Å². The molecule has 0 aliphatic heterocycles. The molecule has 2 atom stereocenters. The summed E-state index contributed by atoms with van der Waals surface area (Å²) in [7, 11) is 0. The Morgan fingerprint density at radius 1 is 1.25 bits per heavy atom. The highest BCUT2D eigenvalue weighted by Crippen LogP contribution is 2.18. The van der Waals surface area contributed by atoms with E-state index in [1.807, 2.05) is 0 Å². The average molecular weight is 229 g/mol. The Balaban J connectivity index is 1.94. The normalized spacial score (nSPS) is 26.2. The number of aliphatic hydroxyl groups is 1. The van der Waals surface area contributed by atoms with Gasteiger partial charge in [-0.05, 0) is 46.1 Å². The van der Waals surface area contributed by atoms with E-state index in [4.69, 9.17) is 4.74 Å². The van der Waals surface area contributed by atoms with E-state index in [0.29, 0.717) is 12.1 Å². The molecule has 0 spiro atoms. The van der Waals surface area contributed by atoms with Crippen LogP contribution in [0.25, 0.3) is 0 Å². The first kappa shape index (κ1) is 13.9. The van der Waals surface area contributed by atoms with Gasteiger partial charge in [0.2, 0.25) is 0 Å². The summed E-state index contributed by atoms with van der Waals surface area (Å²) in [5.74, 6) is 0. The molecule has 1 aliphatic carbocycles. The van der Waals surface area contributed by atoms with Gasteiger partial charge in [0.25, 0.3) is 0 Å². The van der Waals surface area contributed by atoms with Crippen LogP contribution in [0.3, 0.4) is 0 Å². The highest BCUT2D eigenvalue weighted by atomic mass is 16.5. The van der Waals surface area contributed by atoms with Crippen molar-refractivity contribution in [2.75, 3.05) is 13.2 Å². The predicted octanol–water partition coefficient (Wildman–Crippen LogP) is 2.08.